The SMILES string of the molecule is O=C(NS(=O)(=O)c1ccc(CCC2CCCCC2)c([N+](=O)[O-])c1)c1ccc(N2CCN(CC3=C(c4ccc(Cl)cc4)CC4(CCC4)CC3)CC2)nc1Oc1cnc2[nH]ccc2c1. The van der Waals surface area contributed by atoms with Gasteiger partial charge in [-0.2, -0.15) is 4.98 Å². The van der Waals surface area contributed by atoms with Crippen LogP contribution in [0.15, 0.2) is 89.6 Å². The van der Waals surface area contributed by atoms with Crippen molar-refractivity contribution in [2.24, 2.45) is 11.3 Å². The van der Waals surface area contributed by atoms with E-state index in [0.29, 0.717) is 53.6 Å². The second-order valence-electron chi connectivity index (χ2n) is 17.6. The van der Waals surface area contributed by atoms with Crippen LogP contribution in [0.3, 0.4) is 0 Å². The summed E-state index contributed by atoms with van der Waals surface area (Å²) in [6.07, 6.45) is 17.7. The van der Waals surface area contributed by atoms with E-state index in [1.807, 2.05) is 18.2 Å². The molecule has 324 valence electrons. The second kappa shape index (κ2) is 17.8. The molecule has 1 spiro atoms. The first-order chi connectivity index (χ1) is 30.0. The maximum absolute atomic E-state index is 13.9. The number of benzene rings is 2. The topological polar surface area (TPSA) is 164 Å². The van der Waals surface area contributed by atoms with Gasteiger partial charge in [-0.05, 0) is 110 Å². The predicted molar refractivity (Wildman–Crippen MR) is 240 cm³/mol. The predicted octanol–water partition coefficient (Wildman–Crippen LogP) is 9.87. The van der Waals surface area contributed by atoms with Crippen LogP contribution in [0.5, 0.6) is 11.6 Å². The van der Waals surface area contributed by atoms with E-state index in [0.717, 1.165) is 81.1 Å². The zero-order valence-electron chi connectivity index (χ0n) is 34.8. The first-order valence-corrected chi connectivity index (χ1v) is 23.8. The van der Waals surface area contributed by atoms with Crippen LogP contribution in [-0.2, 0) is 16.4 Å². The fourth-order valence-electron chi connectivity index (χ4n) is 9.90. The lowest BCUT2D eigenvalue weighted by Crippen LogP contribution is -2.47. The lowest BCUT2D eigenvalue weighted by molar-refractivity contribution is -0.385. The number of carbonyl (C=O) groups excluding carboxylic acids is 1. The monoisotopic (exact) mass is 877 g/mol. The number of anilines is 1. The van der Waals surface area contributed by atoms with E-state index < -0.39 is 20.9 Å². The van der Waals surface area contributed by atoms with E-state index in [2.05, 4.69) is 36.6 Å². The number of nitrogens with one attached hydrogen (secondary N) is 2. The molecule has 13 nitrogen and oxygen atoms in total. The van der Waals surface area contributed by atoms with E-state index in [9.17, 15) is 23.3 Å². The van der Waals surface area contributed by atoms with Crippen molar-refractivity contribution in [2.45, 2.75) is 88.4 Å². The molecule has 5 aromatic rings. The summed E-state index contributed by atoms with van der Waals surface area (Å²) < 4.78 is 35.7. The normalized spacial score (nSPS) is 18.5. The minimum atomic E-state index is -4.53. The number of aryl methyl sites for hydroxylation is 1. The fourth-order valence-corrected chi connectivity index (χ4v) is 11.0. The summed E-state index contributed by atoms with van der Waals surface area (Å²) in [7, 11) is -4.53. The van der Waals surface area contributed by atoms with Crippen LogP contribution in [0.1, 0.15) is 98.5 Å². The van der Waals surface area contributed by atoms with Gasteiger partial charge in [0.15, 0.2) is 0 Å². The molecule has 4 aliphatic rings. The number of aromatic nitrogens is 3. The minimum Gasteiger partial charge on any atom is -0.436 e. The number of halogens is 1. The Kier molecular flexibility index (Phi) is 12.1. The number of allylic oxidation sites excluding steroid dienone is 1. The summed E-state index contributed by atoms with van der Waals surface area (Å²) in [6, 6.07) is 18.9. The number of rotatable bonds is 13. The molecule has 2 saturated carbocycles. The third-order valence-electron chi connectivity index (χ3n) is 13.7. The van der Waals surface area contributed by atoms with Crippen molar-refractivity contribution in [3.05, 3.63) is 117 Å². The zero-order valence-corrected chi connectivity index (χ0v) is 36.4. The van der Waals surface area contributed by atoms with Crippen LogP contribution >= 0.6 is 11.6 Å². The molecule has 0 unspecified atom stereocenters. The van der Waals surface area contributed by atoms with Crippen LogP contribution in [-0.4, -0.2) is 71.8 Å². The molecule has 3 aliphatic carbocycles. The molecule has 4 heterocycles. The molecule has 0 radical (unpaired) electrons. The van der Waals surface area contributed by atoms with Gasteiger partial charge in [0.2, 0.25) is 5.88 Å². The van der Waals surface area contributed by atoms with Gasteiger partial charge in [0, 0.05) is 61.0 Å². The van der Waals surface area contributed by atoms with Gasteiger partial charge in [0.25, 0.3) is 21.6 Å². The largest absolute Gasteiger partial charge is 0.436 e. The third-order valence-corrected chi connectivity index (χ3v) is 15.3. The Balaban J connectivity index is 0.926. The first kappa shape index (κ1) is 42.0. The molecule has 0 bridgehead atoms. The summed E-state index contributed by atoms with van der Waals surface area (Å²) in [5.41, 5.74) is 5.43. The number of hydrogen-bond donors (Lipinski definition) is 2. The van der Waals surface area contributed by atoms with Gasteiger partial charge in [-0.15, -0.1) is 0 Å². The van der Waals surface area contributed by atoms with E-state index in [4.69, 9.17) is 21.3 Å². The number of pyridine rings is 2. The average Bonchev–Trinajstić information content (AvgIpc) is 3.74. The van der Waals surface area contributed by atoms with Crippen LogP contribution in [0.4, 0.5) is 11.5 Å². The highest BCUT2D eigenvalue weighted by molar-refractivity contribution is 7.90. The number of sulfonamides is 1. The summed E-state index contributed by atoms with van der Waals surface area (Å²) in [6.45, 7) is 3.89. The molecule has 2 aromatic carbocycles. The molecule has 15 heteroatoms. The molecule has 9 rings (SSSR count). The van der Waals surface area contributed by atoms with Gasteiger partial charge < -0.3 is 14.6 Å². The number of piperazine rings is 1. The Labute approximate surface area is 367 Å². The summed E-state index contributed by atoms with van der Waals surface area (Å²) >= 11 is 6.28. The summed E-state index contributed by atoms with van der Waals surface area (Å²) in [5, 5.41) is 13.7. The minimum absolute atomic E-state index is 0.0942. The standard InChI is InChI=1S/C47H52ClN7O6S/c48-37-12-9-33(10-13-37)41-29-47(19-4-20-47)21-17-36(41)31-53-23-25-54(26-24-53)43-16-15-40(46(51-43)61-38-27-35-18-22-49-44(35)50-30-38)45(56)52-62(59,60)39-14-11-34(42(28-39)55(57)58)8-7-32-5-2-1-3-6-32/h9-16,18,22,27-28,30,32H,1-8,17,19-21,23-26,29,31H2,(H,49,50)(H,52,56). The summed E-state index contributed by atoms with van der Waals surface area (Å²) in [5.74, 6) is 0.322. The highest BCUT2D eigenvalue weighted by Crippen LogP contribution is 2.55. The highest BCUT2D eigenvalue weighted by atomic mass is 35.5. The van der Waals surface area contributed by atoms with Crippen molar-refractivity contribution in [1.29, 1.82) is 0 Å². The van der Waals surface area contributed by atoms with E-state index in [-0.39, 0.29) is 22.0 Å². The lowest BCUT2D eigenvalue weighted by Gasteiger charge is -2.47. The number of fused-ring (bicyclic) bond motifs is 1. The van der Waals surface area contributed by atoms with Crippen molar-refractivity contribution in [3.63, 3.8) is 0 Å². The van der Waals surface area contributed by atoms with Crippen molar-refractivity contribution >= 4 is 55.6 Å². The lowest BCUT2D eigenvalue weighted by atomic mass is 9.59. The van der Waals surface area contributed by atoms with Gasteiger partial charge in [0.05, 0.1) is 16.0 Å². The smallest absolute Gasteiger partial charge is 0.273 e. The average molecular weight is 878 g/mol. The molecule has 3 aromatic heterocycles. The quantitative estimate of drug-likeness (QED) is 0.0860. The number of aromatic amines is 1. The molecule has 62 heavy (non-hydrogen) atoms. The Bertz CT molecular complexity index is 2610. The van der Waals surface area contributed by atoms with E-state index >= 15 is 0 Å². The number of nitro groups is 1. The molecule has 3 fully saturated rings. The molecule has 0 atom stereocenters. The van der Waals surface area contributed by atoms with Crippen LogP contribution in [0, 0.1) is 21.4 Å². The van der Waals surface area contributed by atoms with Crippen molar-refractivity contribution in [1.82, 2.24) is 24.6 Å². The Hall–Kier alpha value is -5.31. The van der Waals surface area contributed by atoms with Crippen molar-refractivity contribution in [3.8, 4) is 11.6 Å². The van der Waals surface area contributed by atoms with Gasteiger partial charge >= 0.3 is 0 Å². The van der Waals surface area contributed by atoms with Gasteiger partial charge in [-0.25, -0.2) is 18.1 Å². The molecule has 2 N–H and O–H groups in total. The highest BCUT2D eigenvalue weighted by Gasteiger charge is 2.41. The summed E-state index contributed by atoms with van der Waals surface area (Å²) in [4.78, 5) is 42.0. The fraction of sp³-hybridized carbons (Fsp3) is 0.426. The molecular weight excluding hydrogens is 826 g/mol. The maximum Gasteiger partial charge on any atom is 0.273 e. The number of nitrogens with zero attached hydrogens (tertiary/aromatic N) is 5. The van der Waals surface area contributed by atoms with Crippen molar-refractivity contribution in [2.75, 3.05) is 37.6 Å². The second-order valence-corrected chi connectivity index (χ2v) is 19.7. The molecule has 1 amide bonds. The number of ether oxygens (including phenoxy) is 1. The zero-order chi connectivity index (χ0) is 42.8. The Morgan fingerprint density at radius 2 is 1.76 bits per heavy atom. The Morgan fingerprint density at radius 3 is 2.50 bits per heavy atom. The molecular formula is C47H52ClN7O6S. The maximum atomic E-state index is 13.9. The first-order valence-electron chi connectivity index (χ1n) is 21.9. The van der Waals surface area contributed by atoms with E-state index in [1.54, 1.807) is 18.3 Å². The third kappa shape index (κ3) is 9.23. The van der Waals surface area contributed by atoms with Gasteiger partial charge in [-0.1, -0.05) is 73.9 Å². The van der Waals surface area contributed by atoms with Crippen LogP contribution < -0.4 is 14.4 Å². The number of amides is 1. The van der Waals surface area contributed by atoms with Crippen LogP contribution in [0.2, 0.25) is 5.02 Å². The number of H-pyrrole nitrogens is 1. The molecule has 1 saturated heterocycles. The van der Waals surface area contributed by atoms with E-state index in [1.165, 1.54) is 73.2 Å². The van der Waals surface area contributed by atoms with Crippen molar-refractivity contribution < 1.29 is 22.9 Å². The van der Waals surface area contributed by atoms with Crippen LogP contribution in [0.25, 0.3) is 16.6 Å². The molecule has 1 aliphatic heterocycles. The van der Waals surface area contributed by atoms with Gasteiger partial charge in [-0.3, -0.25) is 19.8 Å². The number of nitro benzene ring substituents is 1. The van der Waals surface area contributed by atoms with Gasteiger partial charge in [0.1, 0.15) is 22.8 Å². The number of hydrogen-bond acceptors (Lipinski definition) is 10. The number of carbonyl (C=O) groups is 1. The Morgan fingerprint density at radius 1 is 0.968 bits per heavy atom.